The summed E-state index contributed by atoms with van der Waals surface area (Å²) in [6.45, 7) is 8.64. The van der Waals surface area contributed by atoms with Gasteiger partial charge in [0.2, 0.25) is 0 Å². The summed E-state index contributed by atoms with van der Waals surface area (Å²) >= 11 is 0. The van der Waals surface area contributed by atoms with Gasteiger partial charge in [0, 0.05) is 5.69 Å². The first kappa shape index (κ1) is 21.0. The molecule has 0 aliphatic carbocycles. The van der Waals surface area contributed by atoms with Gasteiger partial charge in [-0.1, -0.05) is 13.8 Å². The highest BCUT2D eigenvalue weighted by atomic mass is 16.5. The van der Waals surface area contributed by atoms with Gasteiger partial charge in [0.05, 0.1) is 13.7 Å². The van der Waals surface area contributed by atoms with Crippen LogP contribution in [0, 0.1) is 18.3 Å². The van der Waals surface area contributed by atoms with Crippen molar-refractivity contribution in [1.82, 2.24) is 0 Å². The third-order valence-corrected chi connectivity index (χ3v) is 4.33. The summed E-state index contributed by atoms with van der Waals surface area (Å²) in [5.41, 5.74) is 3.45. The fourth-order valence-electron chi connectivity index (χ4n) is 2.78. The van der Waals surface area contributed by atoms with Crippen LogP contribution in [0.2, 0.25) is 0 Å². The molecule has 5 heteroatoms. The van der Waals surface area contributed by atoms with Crippen LogP contribution in [0.15, 0.2) is 42.0 Å². The van der Waals surface area contributed by atoms with Crippen LogP contribution in [0.4, 0.5) is 5.69 Å². The van der Waals surface area contributed by atoms with Crippen molar-refractivity contribution in [2.75, 3.05) is 19.0 Å². The van der Waals surface area contributed by atoms with Gasteiger partial charge in [-0.05, 0) is 78.9 Å². The quantitative estimate of drug-likeness (QED) is 0.539. The van der Waals surface area contributed by atoms with Gasteiger partial charge in [-0.2, -0.15) is 5.26 Å². The molecule has 0 saturated carbocycles. The summed E-state index contributed by atoms with van der Waals surface area (Å²) in [4.78, 5) is 12.5. The number of benzene rings is 2. The van der Waals surface area contributed by atoms with Crippen LogP contribution >= 0.6 is 0 Å². The van der Waals surface area contributed by atoms with Crippen molar-refractivity contribution in [2.45, 2.75) is 33.6 Å². The van der Waals surface area contributed by atoms with Crippen LogP contribution < -0.4 is 14.8 Å². The minimum Gasteiger partial charge on any atom is -0.497 e. The highest BCUT2D eigenvalue weighted by Crippen LogP contribution is 2.31. The molecule has 1 N–H and O–H groups in total. The number of nitriles is 1. The Morgan fingerprint density at radius 3 is 2.46 bits per heavy atom. The molecule has 2 aromatic carbocycles. The Labute approximate surface area is 166 Å². The van der Waals surface area contributed by atoms with Crippen LogP contribution in [-0.2, 0) is 4.79 Å². The molecule has 0 aromatic heterocycles. The maximum absolute atomic E-state index is 12.5. The molecule has 0 aliphatic heterocycles. The van der Waals surface area contributed by atoms with E-state index in [-0.39, 0.29) is 11.5 Å². The van der Waals surface area contributed by atoms with Crippen molar-refractivity contribution in [3.05, 3.63) is 58.7 Å². The number of amides is 1. The molecule has 0 unspecified atom stereocenters. The van der Waals surface area contributed by atoms with Gasteiger partial charge in [0.1, 0.15) is 23.1 Å². The van der Waals surface area contributed by atoms with E-state index in [1.54, 1.807) is 37.5 Å². The van der Waals surface area contributed by atoms with Gasteiger partial charge in [-0.15, -0.1) is 0 Å². The lowest BCUT2D eigenvalue weighted by atomic mass is 9.95. The van der Waals surface area contributed by atoms with Crippen molar-refractivity contribution >= 4 is 17.7 Å². The summed E-state index contributed by atoms with van der Waals surface area (Å²) in [7, 11) is 1.58. The Hall–Kier alpha value is -3.26. The molecule has 28 heavy (non-hydrogen) atoms. The van der Waals surface area contributed by atoms with E-state index >= 15 is 0 Å². The van der Waals surface area contributed by atoms with E-state index < -0.39 is 5.91 Å². The number of hydrogen-bond acceptors (Lipinski definition) is 4. The number of hydrogen-bond donors (Lipinski definition) is 1. The third-order valence-electron chi connectivity index (χ3n) is 4.33. The molecule has 146 valence electrons. The highest BCUT2D eigenvalue weighted by molar-refractivity contribution is 6.09. The first-order chi connectivity index (χ1) is 13.4. The number of rotatable bonds is 7. The minimum absolute atomic E-state index is 0.0396. The Balaban J connectivity index is 2.33. The number of nitrogens with zero attached hydrogens (tertiary/aromatic N) is 1. The van der Waals surface area contributed by atoms with Gasteiger partial charge < -0.3 is 14.8 Å². The second kappa shape index (κ2) is 9.61. The lowest BCUT2D eigenvalue weighted by Gasteiger charge is -2.16. The average molecular weight is 378 g/mol. The summed E-state index contributed by atoms with van der Waals surface area (Å²) in [6.07, 6.45) is 1.62. The highest BCUT2D eigenvalue weighted by Gasteiger charge is 2.14. The predicted molar refractivity (Wildman–Crippen MR) is 112 cm³/mol. The van der Waals surface area contributed by atoms with Gasteiger partial charge in [0.25, 0.3) is 5.91 Å². The van der Waals surface area contributed by atoms with E-state index in [9.17, 15) is 10.1 Å². The molecule has 0 aliphatic rings. The van der Waals surface area contributed by atoms with Crippen LogP contribution in [0.5, 0.6) is 11.5 Å². The number of nitrogens with one attached hydrogen (secondary N) is 1. The number of carbonyl (C=O) groups is 1. The fourth-order valence-corrected chi connectivity index (χ4v) is 2.78. The van der Waals surface area contributed by atoms with E-state index in [0.717, 1.165) is 22.4 Å². The Morgan fingerprint density at radius 1 is 1.25 bits per heavy atom. The van der Waals surface area contributed by atoms with Crippen molar-refractivity contribution in [3.63, 3.8) is 0 Å². The van der Waals surface area contributed by atoms with Crippen molar-refractivity contribution in [2.24, 2.45) is 0 Å². The first-order valence-corrected chi connectivity index (χ1v) is 9.24. The van der Waals surface area contributed by atoms with E-state index in [2.05, 4.69) is 19.2 Å². The van der Waals surface area contributed by atoms with E-state index in [0.29, 0.717) is 18.0 Å². The Bertz CT molecular complexity index is 907. The number of carbonyl (C=O) groups excluding carboxylic acids is 1. The zero-order chi connectivity index (χ0) is 20.7. The maximum Gasteiger partial charge on any atom is 0.266 e. The third kappa shape index (κ3) is 5.14. The molecule has 0 bridgehead atoms. The molecule has 2 rings (SSSR count). The normalized spacial score (nSPS) is 11.1. The number of anilines is 1. The van der Waals surface area contributed by atoms with Crippen molar-refractivity contribution in [1.29, 1.82) is 5.26 Å². The molecule has 5 nitrogen and oxygen atoms in total. The van der Waals surface area contributed by atoms with E-state index in [1.165, 1.54) is 0 Å². The van der Waals surface area contributed by atoms with Crippen molar-refractivity contribution in [3.8, 4) is 17.6 Å². The Morgan fingerprint density at radius 2 is 1.93 bits per heavy atom. The van der Waals surface area contributed by atoms with Crippen LogP contribution in [0.3, 0.4) is 0 Å². The SMILES string of the molecule is CCOc1cc(C)c(/C=C(\C#N)C(=O)Nc2ccc(OC)cc2)cc1C(C)C. The predicted octanol–water partition coefficient (Wildman–Crippen LogP) is 5.07. The molecule has 2 aromatic rings. The largest absolute Gasteiger partial charge is 0.497 e. The summed E-state index contributed by atoms with van der Waals surface area (Å²) in [6, 6.07) is 12.9. The second-order valence-electron chi connectivity index (χ2n) is 6.69. The van der Waals surface area contributed by atoms with Gasteiger partial charge >= 0.3 is 0 Å². The maximum atomic E-state index is 12.5. The fraction of sp³-hybridized carbons (Fsp3) is 0.304. The van der Waals surface area contributed by atoms with Crippen LogP contribution in [0.1, 0.15) is 43.4 Å². The minimum atomic E-state index is -0.452. The molecule has 0 fully saturated rings. The standard InChI is InChI=1S/C23H26N2O3/c1-6-28-22-11-16(4)17(13-21(22)15(2)3)12-18(14-24)23(26)25-19-7-9-20(27-5)10-8-19/h7-13,15H,6H2,1-5H3,(H,25,26)/b18-12+. The molecular weight excluding hydrogens is 352 g/mol. The second-order valence-corrected chi connectivity index (χ2v) is 6.69. The van der Waals surface area contributed by atoms with Gasteiger partial charge in [-0.25, -0.2) is 0 Å². The van der Waals surface area contributed by atoms with E-state index in [4.69, 9.17) is 9.47 Å². The summed E-state index contributed by atoms with van der Waals surface area (Å²) < 4.78 is 10.8. The number of aryl methyl sites for hydroxylation is 1. The molecule has 1 amide bonds. The van der Waals surface area contributed by atoms with Gasteiger partial charge in [0.15, 0.2) is 0 Å². The smallest absolute Gasteiger partial charge is 0.266 e. The molecule has 0 heterocycles. The van der Waals surface area contributed by atoms with Crippen LogP contribution in [-0.4, -0.2) is 19.6 Å². The summed E-state index contributed by atoms with van der Waals surface area (Å²) in [5.74, 6) is 1.34. The van der Waals surface area contributed by atoms with Crippen molar-refractivity contribution < 1.29 is 14.3 Å². The monoisotopic (exact) mass is 378 g/mol. The van der Waals surface area contributed by atoms with E-state index in [1.807, 2.05) is 32.0 Å². The number of methoxy groups -OCH3 is 1. The average Bonchev–Trinajstić information content (AvgIpc) is 2.67. The zero-order valence-electron chi connectivity index (χ0n) is 17.0. The Kier molecular flexibility index (Phi) is 7.22. The first-order valence-electron chi connectivity index (χ1n) is 9.24. The lowest BCUT2D eigenvalue weighted by Crippen LogP contribution is -2.13. The molecule has 0 saturated heterocycles. The zero-order valence-corrected chi connectivity index (χ0v) is 17.0. The topological polar surface area (TPSA) is 71.3 Å². The molecule has 0 atom stereocenters. The molecule has 0 radical (unpaired) electrons. The molecule has 0 spiro atoms. The molecular formula is C23H26N2O3. The van der Waals surface area contributed by atoms with Gasteiger partial charge in [-0.3, -0.25) is 4.79 Å². The number of ether oxygens (including phenoxy) is 2. The summed E-state index contributed by atoms with van der Waals surface area (Å²) in [5, 5.41) is 12.2. The van der Waals surface area contributed by atoms with Crippen LogP contribution in [0.25, 0.3) is 6.08 Å². The lowest BCUT2D eigenvalue weighted by molar-refractivity contribution is -0.112.